The highest BCUT2D eigenvalue weighted by molar-refractivity contribution is 7.13. The van der Waals surface area contributed by atoms with Crippen molar-refractivity contribution < 1.29 is 42.8 Å². The third kappa shape index (κ3) is 7.32. The minimum atomic E-state index is -0.883. The third-order valence-electron chi connectivity index (χ3n) is 5.46. The molecule has 206 valence electrons. The molecule has 12 heteroatoms. The molecule has 2 aromatic carbocycles. The molecule has 0 atom stereocenters. The molecule has 1 heterocycles. The van der Waals surface area contributed by atoms with Crippen molar-refractivity contribution in [2.24, 2.45) is 4.99 Å². The number of rotatable bonds is 10. The number of methoxy groups -OCH3 is 4. The van der Waals surface area contributed by atoms with Gasteiger partial charge >= 0.3 is 17.9 Å². The van der Waals surface area contributed by atoms with Crippen LogP contribution in [0.5, 0.6) is 23.0 Å². The Labute approximate surface area is 229 Å². The molecule has 0 unspecified atom stereocenters. The number of thiazole rings is 1. The van der Waals surface area contributed by atoms with Crippen LogP contribution in [-0.4, -0.2) is 57.2 Å². The van der Waals surface area contributed by atoms with E-state index in [1.165, 1.54) is 52.0 Å². The lowest BCUT2D eigenvalue weighted by molar-refractivity contribution is -0.137. The number of ether oxygens (including phenoxy) is 6. The molecule has 0 saturated heterocycles. The predicted molar refractivity (Wildman–Crippen MR) is 143 cm³/mol. The number of aromatic nitrogens is 1. The van der Waals surface area contributed by atoms with Crippen molar-refractivity contribution in [3.63, 3.8) is 0 Å². The number of aliphatic imine (C=N–C) groups is 1. The Hall–Kier alpha value is -4.45. The van der Waals surface area contributed by atoms with Gasteiger partial charge in [0.15, 0.2) is 0 Å². The highest BCUT2D eigenvalue weighted by atomic mass is 32.1. The molecular weight excluding hydrogens is 528 g/mol. The summed E-state index contributed by atoms with van der Waals surface area (Å²) >= 11 is 1.22. The van der Waals surface area contributed by atoms with Crippen LogP contribution in [0.25, 0.3) is 0 Å². The fourth-order valence-corrected chi connectivity index (χ4v) is 4.13. The van der Waals surface area contributed by atoms with Crippen molar-refractivity contribution in [1.29, 1.82) is 0 Å². The second-order valence-corrected chi connectivity index (χ2v) is 8.89. The van der Waals surface area contributed by atoms with Crippen LogP contribution in [0.15, 0.2) is 40.8 Å². The Balaban J connectivity index is 1.77. The Morgan fingerprint density at radius 1 is 0.769 bits per heavy atom. The lowest BCUT2D eigenvalue weighted by atomic mass is 10.1. The summed E-state index contributed by atoms with van der Waals surface area (Å²) in [5.74, 6) is -1.12. The normalized spacial score (nSPS) is 11.0. The van der Waals surface area contributed by atoms with Crippen LogP contribution < -0.4 is 18.9 Å². The summed E-state index contributed by atoms with van der Waals surface area (Å²) < 4.78 is 31.6. The van der Waals surface area contributed by atoms with Crippen LogP contribution in [0.4, 0.5) is 5.13 Å². The maximum absolute atomic E-state index is 13.1. The van der Waals surface area contributed by atoms with Crippen LogP contribution in [0.1, 0.15) is 44.7 Å². The van der Waals surface area contributed by atoms with Gasteiger partial charge in [0.05, 0.1) is 34.9 Å². The number of nitrogens with zero attached hydrogens (tertiary/aromatic N) is 2. The van der Waals surface area contributed by atoms with E-state index in [0.717, 1.165) is 0 Å². The van der Waals surface area contributed by atoms with Crippen LogP contribution in [0.3, 0.4) is 0 Å². The molecule has 0 aliphatic carbocycles. The molecule has 0 fully saturated rings. The van der Waals surface area contributed by atoms with Crippen molar-refractivity contribution >= 4 is 40.3 Å². The summed E-state index contributed by atoms with van der Waals surface area (Å²) in [6.45, 7) is 3.37. The molecule has 3 aromatic rings. The van der Waals surface area contributed by atoms with Crippen molar-refractivity contribution in [3.05, 3.63) is 58.1 Å². The Bertz CT molecular complexity index is 1380. The van der Waals surface area contributed by atoms with E-state index >= 15 is 0 Å². The van der Waals surface area contributed by atoms with E-state index in [0.29, 0.717) is 27.8 Å². The van der Waals surface area contributed by atoms with Crippen LogP contribution in [0, 0.1) is 13.8 Å². The zero-order valence-electron chi connectivity index (χ0n) is 22.4. The maximum atomic E-state index is 13.1. The van der Waals surface area contributed by atoms with E-state index in [1.807, 2.05) is 0 Å². The van der Waals surface area contributed by atoms with Crippen LogP contribution in [-0.2, 0) is 14.3 Å². The van der Waals surface area contributed by atoms with E-state index in [9.17, 15) is 14.4 Å². The van der Waals surface area contributed by atoms with Gasteiger partial charge in [-0.1, -0.05) is 0 Å². The van der Waals surface area contributed by atoms with Gasteiger partial charge in [-0.2, -0.15) is 4.99 Å². The standard InChI is InChI=1S/C27H28N2O9S/c1-15-11-17(33-3)13-19(35-5)23(15)25(31)37-21(29-27-28-9-10-39-27)7-8-22(30)38-26(32)24-16(2)12-18(34-4)14-20(24)36-6/h9-14H,7-8H2,1-6H3. The number of carbonyl (C=O) groups is 3. The van der Waals surface area contributed by atoms with E-state index in [-0.39, 0.29) is 41.4 Å². The first-order chi connectivity index (χ1) is 18.7. The smallest absolute Gasteiger partial charge is 0.349 e. The maximum Gasteiger partial charge on any atom is 0.349 e. The Kier molecular flexibility index (Phi) is 9.98. The Morgan fingerprint density at radius 3 is 1.77 bits per heavy atom. The summed E-state index contributed by atoms with van der Waals surface area (Å²) in [6.07, 6.45) is 1.09. The molecule has 0 N–H and O–H groups in total. The molecule has 0 radical (unpaired) electrons. The van der Waals surface area contributed by atoms with E-state index in [1.54, 1.807) is 37.4 Å². The molecular formula is C27H28N2O9S. The zero-order valence-corrected chi connectivity index (χ0v) is 23.2. The average Bonchev–Trinajstić information content (AvgIpc) is 3.43. The number of benzene rings is 2. The first kappa shape index (κ1) is 29.1. The van der Waals surface area contributed by atoms with E-state index < -0.39 is 17.9 Å². The molecule has 0 amide bonds. The number of hydrogen-bond donors (Lipinski definition) is 0. The van der Waals surface area contributed by atoms with E-state index in [2.05, 4.69) is 9.98 Å². The molecule has 11 nitrogen and oxygen atoms in total. The zero-order chi connectivity index (χ0) is 28.5. The number of hydrogen-bond acceptors (Lipinski definition) is 12. The predicted octanol–water partition coefficient (Wildman–Crippen LogP) is 4.85. The summed E-state index contributed by atoms with van der Waals surface area (Å²) in [4.78, 5) is 46.8. The van der Waals surface area contributed by atoms with Crippen molar-refractivity contribution in [2.45, 2.75) is 26.7 Å². The SMILES string of the molecule is COc1cc(C)c(C(=O)OC(=O)CCC(=Nc2nccs2)OC(=O)c2c(C)cc(OC)cc2OC)c(OC)c1. The van der Waals surface area contributed by atoms with Crippen LogP contribution >= 0.6 is 11.3 Å². The molecule has 0 spiro atoms. The molecule has 0 bridgehead atoms. The van der Waals surface area contributed by atoms with Crippen molar-refractivity contribution in [2.75, 3.05) is 28.4 Å². The summed E-state index contributed by atoms with van der Waals surface area (Å²) in [7, 11) is 5.80. The minimum Gasteiger partial charge on any atom is -0.497 e. The number of carbonyl (C=O) groups excluding carboxylic acids is 3. The minimum absolute atomic E-state index is 0.0881. The van der Waals surface area contributed by atoms with Crippen LogP contribution in [0.2, 0.25) is 0 Å². The molecule has 1 aromatic heterocycles. The molecule has 0 aliphatic heterocycles. The lowest BCUT2D eigenvalue weighted by Crippen LogP contribution is -2.18. The fourth-order valence-electron chi connectivity index (χ4n) is 3.61. The molecule has 39 heavy (non-hydrogen) atoms. The van der Waals surface area contributed by atoms with Crippen molar-refractivity contribution in [3.8, 4) is 23.0 Å². The van der Waals surface area contributed by atoms with Gasteiger partial charge in [-0.25, -0.2) is 14.6 Å². The first-order valence-electron chi connectivity index (χ1n) is 11.6. The first-order valence-corrected chi connectivity index (χ1v) is 12.5. The summed E-state index contributed by atoms with van der Waals surface area (Å²) in [6, 6.07) is 6.35. The van der Waals surface area contributed by atoms with Gasteiger partial charge in [-0.05, 0) is 37.1 Å². The summed E-state index contributed by atoms with van der Waals surface area (Å²) in [5, 5.41) is 2.02. The largest absolute Gasteiger partial charge is 0.497 e. The highest BCUT2D eigenvalue weighted by Crippen LogP contribution is 2.31. The average molecular weight is 557 g/mol. The molecule has 3 rings (SSSR count). The molecule has 0 aliphatic rings. The van der Waals surface area contributed by atoms with E-state index in [4.69, 9.17) is 28.4 Å². The number of aryl methyl sites for hydroxylation is 2. The topological polar surface area (TPSA) is 132 Å². The van der Waals surface area contributed by atoms with Gasteiger partial charge in [0.2, 0.25) is 11.0 Å². The third-order valence-corrected chi connectivity index (χ3v) is 6.13. The number of esters is 3. The second-order valence-electron chi connectivity index (χ2n) is 8.01. The quantitative estimate of drug-likeness (QED) is 0.148. The van der Waals surface area contributed by atoms with Gasteiger partial charge in [-0.3, -0.25) is 4.79 Å². The second kappa shape index (κ2) is 13.4. The molecule has 0 saturated carbocycles. The van der Waals surface area contributed by atoms with Gasteiger partial charge < -0.3 is 28.4 Å². The van der Waals surface area contributed by atoms with Gasteiger partial charge in [0, 0.05) is 30.1 Å². The van der Waals surface area contributed by atoms with Gasteiger partial charge in [0.1, 0.15) is 34.1 Å². The lowest BCUT2D eigenvalue weighted by Gasteiger charge is -2.14. The monoisotopic (exact) mass is 556 g/mol. The Morgan fingerprint density at radius 2 is 1.31 bits per heavy atom. The van der Waals surface area contributed by atoms with Gasteiger partial charge in [0.25, 0.3) is 0 Å². The fraction of sp³-hybridized carbons (Fsp3) is 0.296. The highest BCUT2D eigenvalue weighted by Gasteiger charge is 2.24. The van der Waals surface area contributed by atoms with Gasteiger partial charge in [-0.15, -0.1) is 11.3 Å². The van der Waals surface area contributed by atoms with Crippen molar-refractivity contribution in [1.82, 2.24) is 4.98 Å². The summed E-state index contributed by atoms with van der Waals surface area (Å²) in [5.41, 5.74) is 1.33.